The van der Waals surface area contributed by atoms with Crippen LogP contribution in [0.15, 0.2) is 17.5 Å². The molecule has 1 fully saturated rings. The van der Waals surface area contributed by atoms with E-state index in [9.17, 15) is 22.8 Å². The summed E-state index contributed by atoms with van der Waals surface area (Å²) >= 11 is 8.41. The van der Waals surface area contributed by atoms with E-state index in [0.29, 0.717) is 20.1 Å². The highest BCUT2D eigenvalue weighted by atomic mass is 35.5. The molecule has 3 rings (SSSR count). The van der Waals surface area contributed by atoms with Gasteiger partial charge in [0.1, 0.15) is 6.54 Å². The number of hydrogen-bond acceptors (Lipinski definition) is 5. The molecule has 134 valence electrons. The summed E-state index contributed by atoms with van der Waals surface area (Å²) in [6, 6.07) is 3.54. The quantitative estimate of drug-likeness (QED) is 0.833. The number of halogens is 4. The third-order valence-electron chi connectivity index (χ3n) is 3.52. The van der Waals surface area contributed by atoms with Crippen molar-refractivity contribution >= 4 is 51.2 Å². The van der Waals surface area contributed by atoms with E-state index in [0.717, 1.165) is 4.88 Å². The number of carbonyl (C=O) groups excluding carboxylic acids is 2. The number of alkyl halides is 3. The van der Waals surface area contributed by atoms with Crippen LogP contribution in [0, 0.1) is 5.92 Å². The molecule has 0 spiro atoms. The number of rotatable bonds is 4. The van der Waals surface area contributed by atoms with Gasteiger partial charge in [-0.15, -0.1) is 22.7 Å². The highest BCUT2D eigenvalue weighted by Crippen LogP contribution is 2.33. The lowest BCUT2D eigenvalue weighted by atomic mass is 10.1. The first kappa shape index (κ1) is 18.2. The Morgan fingerprint density at radius 1 is 1.44 bits per heavy atom. The Balaban J connectivity index is 1.61. The fourth-order valence-electron chi connectivity index (χ4n) is 2.42. The molecule has 5 nitrogen and oxygen atoms in total. The smallest absolute Gasteiger partial charge is 0.333 e. The zero-order chi connectivity index (χ0) is 18.2. The van der Waals surface area contributed by atoms with Crippen LogP contribution < -0.4 is 5.32 Å². The van der Waals surface area contributed by atoms with Gasteiger partial charge in [-0.25, -0.2) is 4.98 Å². The number of nitrogens with one attached hydrogen (secondary N) is 1. The van der Waals surface area contributed by atoms with Gasteiger partial charge in [0.2, 0.25) is 11.8 Å². The van der Waals surface area contributed by atoms with Gasteiger partial charge in [-0.1, -0.05) is 11.6 Å². The maximum atomic E-state index is 12.4. The van der Waals surface area contributed by atoms with Gasteiger partial charge in [0.25, 0.3) is 0 Å². The van der Waals surface area contributed by atoms with Crippen molar-refractivity contribution in [1.82, 2.24) is 9.88 Å². The Kier molecular flexibility index (Phi) is 5.03. The summed E-state index contributed by atoms with van der Waals surface area (Å²) in [5.41, 5.74) is 0.651. The molecular weight excluding hydrogens is 399 g/mol. The molecule has 1 saturated heterocycles. The lowest BCUT2D eigenvalue weighted by Gasteiger charge is -2.18. The minimum Gasteiger partial charge on any atom is -0.333 e. The minimum absolute atomic E-state index is 0.235. The highest BCUT2D eigenvalue weighted by Gasteiger charge is 2.40. The number of thiazole rings is 1. The van der Waals surface area contributed by atoms with E-state index >= 15 is 0 Å². The van der Waals surface area contributed by atoms with Crippen molar-refractivity contribution in [1.29, 1.82) is 0 Å². The maximum absolute atomic E-state index is 12.4. The third-order valence-corrected chi connectivity index (χ3v) is 5.53. The predicted octanol–water partition coefficient (Wildman–Crippen LogP) is 3.87. The molecule has 0 bridgehead atoms. The summed E-state index contributed by atoms with van der Waals surface area (Å²) in [5.74, 6) is -2.01. The Hall–Kier alpha value is -1.65. The molecule has 0 radical (unpaired) electrons. The molecule has 0 saturated carbocycles. The summed E-state index contributed by atoms with van der Waals surface area (Å²) < 4.78 is 37.8. The first-order valence-corrected chi connectivity index (χ1v) is 9.15. The van der Waals surface area contributed by atoms with E-state index in [1.165, 1.54) is 22.7 Å². The van der Waals surface area contributed by atoms with E-state index in [4.69, 9.17) is 11.6 Å². The van der Waals surface area contributed by atoms with E-state index in [1.807, 2.05) is 0 Å². The largest absolute Gasteiger partial charge is 0.406 e. The highest BCUT2D eigenvalue weighted by molar-refractivity contribution is 7.20. The van der Waals surface area contributed by atoms with Crippen molar-refractivity contribution in [2.24, 2.45) is 5.92 Å². The normalized spacial score (nSPS) is 18.0. The standard InChI is InChI=1S/C14H11ClF3N3O2S2/c15-10-2-1-9(25-10)8-5-24-13(19-8)20-12(23)7-3-11(22)21(4-7)6-14(16,17)18/h1-2,5,7H,3-4,6H2,(H,19,20,23). The molecule has 1 N–H and O–H groups in total. The number of hydrogen-bond donors (Lipinski definition) is 1. The van der Waals surface area contributed by atoms with Gasteiger partial charge in [-0.05, 0) is 12.1 Å². The third kappa shape index (κ3) is 4.50. The fraction of sp³-hybridized carbons (Fsp3) is 0.357. The van der Waals surface area contributed by atoms with Crippen LogP contribution in [0.5, 0.6) is 0 Å². The number of likely N-dealkylation sites (tertiary alicyclic amines) is 1. The second kappa shape index (κ2) is 6.93. The molecule has 2 aromatic heterocycles. The Bertz CT molecular complexity index is 805. The fourth-order valence-corrected chi connectivity index (χ4v) is 4.21. The van der Waals surface area contributed by atoms with Crippen molar-refractivity contribution in [2.45, 2.75) is 12.6 Å². The lowest BCUT2D eigenvalue weighted by Crippen LogP contribution is -2.36. The average molecular weight is 410 g/mol. The molecule has 11 heteroatoms. The lowest BCUT2D eigenvalue weighted by molar-refractivity contribution is -0.157. The molecule has 3 heterocycles. The molecular formula is C14H11ClF3N3O2S2. The Morgan fingerprint density at radius 3 is 2.84 bits per heavy atom. The molecule has 1 aliphatic rings. The van der Waals surface area contributed by atoms with Crippen LogP contribution in [0.1, 0.15) is 6.42 Å². The average Bonchev–Trinajstić information content (AvgIpc) is 3.19. The number of nitrogens with zero attached hydrogens (tertiary/aromatic N) is 2. The van der Waals surface area contributed by atoms with Crippen LogP contribution in [0.3, 0.4) is 0 Å². The van der Waals surface area contributed by atoms with Crippen LogP contribution in [0.2, 0.25) is 4.34 Å². The summed E-state index contributed by atoms with van der Waals surface area (Å²) in [5, 5.41) is 4.63. The zero-order valence-electron chi connectivity index (χ0n) is 12.5. The monoisotopic (exact) mass is 409 g/mol. The minimum atomic E-state index is -4.48. The van der Waals surface area contributed by atoms with Gasteiger partial charge in [0, 0.05) is 18.3 Å². The number of thiophene rings is 1. The van der Waals surface area contributed by atoms with Crippen molar-refractivity contribution < 1.29 is 22.8 Å². The second-order valence-electron chi connectivity index (χ2n) is 5.42. The van der Waals surface area contributed by atoms with Crippen LogP contribution in [0.4, 0.5) is 18.3 Å². The first-order valence-electron chi connectivity index (χ1n) is 7.08. The van der Waals surface area contributed by atoms with Gasteiger partial charge in [-0.3, -0.25) is 9.59 Å². The van der Waals surface area contributed by atoms with Gasteiger partial charge < -0.3 is 10.2 Å². The first-order chi connectivity index (χ1) is 11.7. The SMILES string of the molecule is O=C(Nc1nc(-c2ccc(Cl)s2)cs1)C1CC(=O)N(CC(F)(F)F)C1. The molecule has 1 atom stereocenters. The molecule has 1 aliphatic heterocycles. The second-order valence-corrected chi connectivity index (χ2v) is 7.99. The van der Waals surface area contributed by atoms with Crippen molar-refractivity contribution in [3.05, 3.63) is 21.8 Å². The van der Waals surface area contributed by atoms with Gasteiger partial charge in [-0.2, -0.15) is 13.2 Å². The molecule has 0 aliphatic carbocycles. The molecule has 25 heavy (non-hydrogen) atoms. The summed E-state index contributed by atoms with van der Waals surface area (Å²) in [7, 11) is 0. The Morgan fingerprint density at radius 2 is 2.20 bits per heavy atom. The van der Waals surface area contributed by atoms with Crippen LogP contribution in [-0.4, -0.2) is 41.0 Å². The van der Waals surface area contributed by atoms with Gasteiger partial charge in [0.15, 0.2) is 5.13 Å². The van der Waals surface area contributed by atoms with Crippen molar-refractivity contribution in [2.75, 3.05) is 18.4 Å². The molecule has 2 amide bonds. The van der Waals surface area contributed by atoms with Crippen LogP contribution in [-0.2, 0) is 9.59 Å². The molecule has 2 aromatic rings. The van der Waals surface area contributed by atoms with Crippen molar-refractivity contribution in [3.63, 3.8) is 0 Å². The maximum Gasteiger partial charge on any atom is 0.406 e. The number of anilines is 1. The van der Waals surface area contributed by atoms with E-state index < -0.39 is 30.5 Å². The predicted molar refractivity (Wildman–Crippen MR) is 89.8 cm³/mol. The van der Waals surface area contributed by atoms with Gasteiger partial charge in [0.05, 0.1) is 20.8 Å². The molecule has 0 aromatic carbocycles. The van der Waals surface area contributed by atoms with Crippen LogP contribution in [0.25, 0.3) is 10.6 Å². The van der Waals surface area contributed by atoms with E-state index in [-0.39, 0.29) is 13.0 Å². The summed E-state index contributed by atoms with van der Waals surface area (Å²) in [6.07, 6.45) is -4.71. The Labute approximate surface area is 153 Å². The van der Waals surface area contributed by atoms with E-state index in [2.05, 4.69) is 10.3 Å². The van der Waals surface area contributed by atoms with Crippen LogP contribution >= 0.6 is 34.3 Å². The summed E-state index contributed by atoms with van der Waals surface area (Å²) in [6.45, 7) is -1.58. The van der Waals surface area contributed by atoms with Crippen molar-refractivity contribution in [3.8, 4) is 10.6 Å². The number of aromatic nitrogens is 1. The van der Waals surface area contributed by atoms with E-state index in [1.54, 1.807) is 17.5 Å². The number of amides is 2. The molecule has 1 unspecified atom stereocenters. The van der Waals surface area contributed by atoms with Gasteiger partial charge >= 0.3 is 6.18 Å². The summed E-state index contributed by atoms with van der Waals surface area (Å²) in [4.78, 5) is 29.6. The zero-order valence-corrected chi connectivity index (χ0v) is 14.9. The topological polar surface area (TPSA) is 62.3 Å². The number of carbonyl (C=O) groups is 2.